The highest BCUT2D eigenvalue weighted by atomic mass is 35.5. The van der Waals surface area contributed by atoms with Gasteiger partial charge in [0.05, 0.1) is 7.11 Å². The standard InChI is InChI=1S/C16H26N2O2.ClH/c1-13(18-16(19)5-4-12-17-2)6-7-14-8-10-15(20-3)11-9-14;/h8-11,13,17H,4-7,12H2,1-3H3,(H,18,19);1H. The second kappa shape index (κ2) is 11.4. The van der Waals surface area contributed by atoms with Gasteiger partial charge >= 0.3 is 0 Å². The predicted octanol–water partition coefficient (Wildman–Crippen LogP) is 2.55. The average Bonchev–Trinajstić information content (AvgIpc) is 2.46. The lowest BCUT2D eigenvalue weighted by Gasteiger charge is -2.14. The first-order valence-electron chi connectivity index (χ1n) is 7.22. The van der Waals surface area contributed by atoms with E-state index in [9.17, 15) is 4.79 Å². The van der Waals surface area contributed by atoms with Crippen LogP contribution in [0.5, 0.6) is 5.75 Å². The molecule has 1 unspecified atom stereocenters. The first-order chi connectivity index (χ1) is 9.65. The second-order valence-corrected chi connectivity index (χ2v) is 5.06. The summed E-state index contributed by atoms with van der Waals surface area (Å²) in [4.78, 5) is 11.7. The van der Waals surface area contributed by atoms with Crippen LogP contribution in [-0.2, 0) is 11.2 Å². The minimum absolute atomic E-state index is 0. The Morgan fingerprint density at radius 2 is 1.95 bits per heavy atom. The highest BCUT2D eigenvalue weighted by Crippen LogP contribution is 2.13. The number of carbonyl (C=O) groups is 1. The quantitative estimate of drug-likeness (QED) is 0.689. The molecule has 1 aromatic carbocycles. The maximum absolute atomic E-state index is 11.7. The molecular formula is C16H27ClN2O2. The highest BCUT2D eigenvalue weighted by molar-refractivity contribution is 5.85. The topological polar surface area (TPSA) is 50.4 Å². The fraction of sp³-hybridized carbons (Fsp3) is 0.562. The molecule has 21 heavy (non-hydrogen) atoms. The van der Waals surface area contributed by atoms with E-state index >= 15 is 0 Å². The molecule has 120 valence electrons. The smallest absolute Gasteiger partial charge is 0.220 e. The Morgan fingerprint density at radius 3 is 2.52 bits per heavy atom. The zero-order valence-electron chi connectivity index (χ0n) is 13.1. The van der Waals surface area contributed by atoms with E-state index in [0.29, 0.717) is 6.42 Å². The van der Waals surface area contributed by atoms with Crippen LogP contribution in [0.1, 0.15) is 31.7 Å². The van der Waals surface area contributed by atoms with E-state index < -0.39 is 0 Å². The molecule has 0 aliphatic carbocycles. The summed E-state index contributed by atoms with van der Waals surface area (Å²) < 4.78 is 5.13. The van der Waals surface area contributed by atoms with Crippen LogP contribution >= 0.6 is 12.4 Å². The lowest BCUT2D eigenvalue weighted by atomic mass is 10.1. The highest BCUT2D eigenvalue weighted by Gasteiger charge is 2.07. The van der Waals surface area contributed by atoms with E-state index in [4.69, 9.17) is 4.74 Å². The van der Waals surface area contributed by atoms with Crippen molar-refractivity contribution < 1.29 is 9.53 Å². The van der Waals surface area contributed by atoms with E-state index in [0.717, 1.165) is 31.6 Å². The maximum atomic E-state index is 11.7. The van der Waals surface area contributed by atoms with E-state index in [1.807, 2.05) is 19.2 Å². The normalized spacial score (nSPS) is 11.4. The number of ether oxygens (including phenoxy) is 1. The van der Waals surface area contributed by atoms with Crippen LogP contribution in [0.3, 0.4) is 0 Å². The van der Waals surface area contributed by atoms with Gasteiger partial charge < -0.3 is 15.4 Å². The van der Waals surface area contributed by atoms with Gasteiger partial charge in [0.1, 0.15) is 5.75 Å². The van der Waals surface area contributed by atoms with Gasteiger partial charge in [-0.25, -0.2) is 0 Å². The van der Waals surface area contributed by atoms with E-state index in [-0.39, 0.29) is 24.4 Å². The molecule has 5 heteroatoms. The molecule has 0 fully saturated rings. The van der Waals surface area contributed by atoms with Crippen LogP contribution in [0.15, 0.2) is 24.3 Å². The minimum atomic E-state index is 0. The van der Waals surface area contributed by atoms with Crippen LogP contribution in [-0.4, -0.2) is 32.7 Å². The lowest BCUT2D eigenvalue weighted by Crippen LogP contribution is -2.33. The third-order valence-electron chi connectivity index (χ3n) is 3.26. The molecule has 1 amide bonds. The molecule has 2 N–H and O–H groups in total. The van der Waals surface area contributed by atoms with Crippen molar-refractivity contribution in [3.8, 4) is 5.75 Å². The molecule has 0 saturated heterocycles. The number of hydrogen-bond donors (Lipinski definition) is 2. The number of amides is 1. The third kappa shape index (κ3) is 8.58. The molecule has 1 rings (SSSR count). The number of benzene rings is 1. The number of methoxy groups -OCH3 is 1. The van der Waals surface area contributed by atoms with Crippen molar-refractivity contribution in [1.82, 2.24) is 10.6 Å². The van der Waals surface area contributed by atoms with Gasteiger partial charge in [-0.05, 0) is 57.5 Å². The molecule has 0 bridgehead atoms. The summed E-state index contributed by atoms with van der Waals surface area (Å²) in [5, 5.41) is 6.08. The summed E-state index contributed by atoms with van der Waals surface area (Å²) in [6.07, 6.45) is 3.38. The Labute approximate surface area is 134 Å². The molecule has 0 spiro atoms. The van der Waals surface area contributed by atoms with Gasteiger partial charge in [0.15, 0.2) is 0 Å². The summed E-state index contributed by atoms with van der Waals surface area (Å²) in [5.74, 6) is 1.02. The molecule has 0 saturated carbocycles. The van der Waals surface area contributed by atoms with Crippen molar-refractivity contribution in [1.29, 1.82) is 0 Å². The van der Waals surface area contributed by atoms with Gasteiger partial charge in [0, 0.05) is 12.5 Å². The van der Waals surface area contributed by atoms with Crippen molar-refractivity contribution in [3.05, 3.63) is 29.8 Å². The van der Waals surface area contributed by atoms with E-state index in [1.54, 1.807) is 7.11 Å². The Balaban J connectivity index is 0.00000400. The van der Waals surface area contributed by atoms with Crippen molar-refractivity contribution >= 4 is 18.3 Å². The first-order valence-corrected chi connectivity index (χ1v) is 7.22. The van der Waals surface area contributed by atoms with E-state index in [2.05, 4.69) is 29.7 Å². The lowest BCUT2D eigenvalue weighted by molar-refractivity contribution is -0.121. The van der Waals surface area contributed by atoms with Gasteiger partial charge in [-0.2, -0.15) is 0 Å². The SMILES string of the molecule is CNCCCC(=O)NC(C)CCc1ccc(OC)cc1.Cl. The van der Waals surface area contributed by atoms with Crippen LogP contribution in [0.25, 0.3) is 0 Å². The largest absolute Gasteiger partial charge is 0.497 e. The monoisotopic (exact) mass is 314 g/mol. The molecule has 1 atom stereocenters. The number of nitrogens with one attached hydrogen (secondary N) is 2. The maximum Gasteiger partial charge on any atom is 0.220 e. The van der Waals surface area contributed by atoms with Crippen molar-refractivity contribution in [2.24, 2.45) is 0 Å². The van der Waals surface area contributed by atoms with Gasteiger partial charge in [0.25, 0.3) is 0 Å². The number of aryl methyl sites for hydroxylation is 1. The third-order valence-corrected chi connectivity index (χ3v) is 3.26. The Hall–Kier alpha value is -1.26. The van der Waals surface area contributed by atoms with Crippen LogP contribution in [0, 0.1) is 0 Å². The van der Waals surface area contributed by atoms with Crippen molar-refractivity contribution in [2.75, 3.05) is 20.7 Å². The second-order valence-electron chi connectivity index (χ2n) is 5.06. The molecule has 4 nitrogen and oxygen atoms in total. The number of rotatable bonds is 9. The van der Waals surface area contributed by atoms with E-state index in [1.165, 1.54) is 5.56 Å². The van der Waals surface area contributed by atoms with Crippen molar-refractivity contribution in [3.63, 3.8) is 0 Å². The molecule has 1 aromatic rings. The zero-order chi connectivity index (χ0) is 14.8. The van der Waals surface area contributed by atoms with Gasteiger partial charge in [0.2, 0.25) is 5.91 Å². The Bertz CT molecular complexity index is 396. The summed E-state index contributed by atoms with van der Waals surface area (Å²) >= 11 is 0. The molecule has 0 aromatic heterocycles. The van der Waals surface area contributed by atoms with Gasteiger partial charge in [-0.1, -0.05) is 12.1 Å². The molecule has 0 aliphatic rings. The fourth-order valence-corrected chi connectivity index (χ4v) is 2.02. The average molecular weight is 315 g/mol. The summed E-state index contributed by atoms with van der Waals surface area (Å²) in [6.45, 7) is 2.94. The number of hydrogen-bond acceptors (Lipinski definition) is 3. The van der Waals surface area contributed by atoms with Gasteiger partial charge in [-0.3, -0.25) is 4.79 Å². The van der Waals surface area contributed by atoms with Crippen molar-refractivity contribution in [2.45, 2.75) is 38.6 Å². The number of carbonyl (C=O) groups excluding carboxylic acids is 1. The predicted molar refractivity (Wildman–Crippen MR) is 89.3 cm³/mol. The van der Waals surface area contributed by atoms with Crippen LogP contribution in [0.4, 0.5) is 0 Å². The molecular weight excluding hydrogens is 288 g/mol. The number of halogens is 1. The minimum Gasteiger partial charge on any atom is -0.497 e. The fourth-order valence-electron chi connectivity index (χ4n) is 2.02. The molecule has 0 aliphatic heterocycles. The van der Waals surface area contributed by atoms with Crippen LogP contribution in [0.2, 0.25) is 0 Å². The van der Waals surface area contributed by atoms with Gasteiger partial charge in [-0.15, -0.1) is 12.4 Å². The van der Waals surface area contributed by atoms with Crippen LogP contribution < -0.4 is 15.4 Å². The molecule has 0 heterocycles. The zero-order valence-corrected chi connectivity index (χ0v) is 14.0. The Morgan fingerprint density at radius 1 is 1.29 bits per heavy atom. The molecule has 0 radical (unpaired) electrons. The summed E-state index contributed by atoms with van der Waals surface area (Å²) in [7, 11) is 3.57. The summed E-state index contributed by atoms with van der Waals surface area (Å²) in [5.41, 5.74) is 1.27. The first kappa shape index (κ1) is 19.7. The Kier molecular flexibility index (Phi) is 10.7. The summed E-state index contributed by atoms with van der Waals surface area (Å²) in [6, 6.07) is 8.28.